The van der Waals surface area contributed by atoms with Crippen LogP contribution in [-0.2, 0) is 11.3 Å². The Balaban J connectivity index is 2.71. The normalized spacial score (nSPS) is 11.2. The molecule has 1 heterocycles. The lowest BCUT2D eigenvalue weighted by atomic mass is 10.0. The van der Waals surface area contributed by atoms with Crippen molar-refractivity contribution in [1.29, 1.82) is 0 Å². The molecule has 0 aliphatic carbocycles. The van der Waals surface area contributed by atoms with Crippen LogP contribution < -0.4 is 5.32 Å². The van der Waals surface area contributed by atoms with Gasteiger partial charge in [0.05, 0.1) is 12.2 Å². The number of nitrogens with zero attached hydrogens (tertiary/aromatic N) is 2. The van der Waals surface area contributed by atoms with E-state index in [0.29, 0.717) is 11.7 Å². The van der Waals surface area contributed by atoms with E-state index in [2.05, 4.69) is 10.3 Å². The van der Waals surface area contributed by atoms with Crippen LogP contribution in [-0.4, -0.2) is 39.1 Å². The van der Waals surface area contributed by atoms with Crippen molar-refractivity contribution in [1.82, 2.24) is 15.2 Å². The van der Waals surface area contributed by atoms with Gasteiger partial charge in [-0.05, 0) is 34.6 Å². The number of carbonyl (C=O) groups is 2. The molecular formula is C13H21N3O4. The summed E-state index contributed by atoms with van der Waals surface area (Å²) in [6.45, 7) is 8.71. The van der Waals surface area contributed by atoms with Crippen LogP contribution in [0.1, 0.15) is 38.1 Å². The van der Waals surface area contributed by atoms with Crippen molar-refractivity contribution in [3.05, 3.63) is 17.3 Å². The Bertz CT molecular complexity index is 488. The first-order valence-electron chi connectivity index (χ1n) is 6.41. The van der Waals surface area contributed by atoms with Crippen molar-refractivity contribution in [2.45, 2.75) is 46.7 Å². The lowest BCUT2D eigenvalue weighted by molar-refractivity contribution is -0.147. The van der Waals surface area contributed by atoms with Gasteiger partial charge >= 0.3 is 12.0 Å². The summed E-state index contributed by atoms with van der Waals surface area (Å²) in [5.41, 5.74) is -0.506. The van der Waals surface area contributed by atoms with Crippen molar-refractivity contribution in [3.63, 3.8) is 0 Å². The molecule has 0 saturated heterocycles. The lowest BCUT2D eigenvalue weighted by Gasteiger charge is -2.33. The molecule has 0 bridgehead atoms. The molecule has 0 aliphatic heterocycles. The third-order valence-electron chi connectivity index (χ3n) is 3.22. The molecule has 0 unspecified atom stereocenters. The quantitative estimate of drug-likeness (QED) is 0.857. The Kier molecular flexibility index (Phi) is 4.75. The molecule has 2 N–H and O–H groups in total. The number of carbonyl (C=O) groups excluding carboxylic acids is 1. The molecule has 20 heavy (non-hydrogen) atoms. The van der Waals surface area contributed by atoms with Gasteiger partial charge in [-0.25, -0.2) is 14.6 Å². The van der Waals surface area contributed by atoms with Gasteiger partial charge in [0, 0.05) is 6.54 Å². The molecule has 0 fully saturated rings. The fourth-order valence-electron chi connectivity index (χ4n) is 1.77. The minimum absolute atomic E-state index is 0.125. The summed E-state index contributed by atoms with van der Waals surface area (Å²) in [7, 11) is 0. The zero-order valence-corrected chi connectivity index (χ0v) is 12.5. The maximum atomic E-state index is 12.1. The number of likely N-dealkylation sites (N-methyl/N-ethyl adjacent to an activating group) is 1. The summed E-state index contributed by atoms with van der Waals surface area (Å²) in [5.74, 6) is 0.0438. The van der Waals surface area contributed by atoms with Crippen LogP contribution in [0, 0.1) is 13.8 Å². The van der Waals surface area contributed by atoms with Gasteiger partial charge < -0.3 is 19.7 Å². The number of rotatable bonds is 5. The predicted octanol–water partition coefficient (Wildman–Crippen LogP) is 1.69. The van der Waals surface area contributed by atoms with Crippen LogP contribution in [0.5, 0.6) is 0 Å². The van der Waals surface area contributed by atoms with Crippen LogP contribution in [0.2, 0.25) is 0 Å². The molecule has 0 aromatic carbocycles. The fourth-order valence-corrected chi connectivity index (χ4v) is 1.77. The number of aryl methyl sites for hydroxylation is 2. The zero-order valence-electron chi connectivity index (χ0n) is 12.5. The Morgan fingerprint density at radius 3 is 2.40 bits per heavy atom. The van der Waals surface area contributed by atoms with Crippen molar-refractivity contribution in [3.8, 4) is 0 Å². The molecular weight excluding hydrogens is 262 g/mol. The lowest BCUT2D eigenvalue weighted by Crippen LogP contribution is -2.55. The molecule has 7 nitrogen and oxygen atoms in total. The van der Waals surface area contributed by atoms with Gasteiger partial charge in [-0.1, -0.05) is 0 Å². The molecule has 0 radical (unpaired) electrons. The molecule has 2 amide bonds. The van der Waals surface area contributed by atoms with Crippen LogP contribution in [0.4, 0.5) is 4.79 Å². The largest absolute Gasteiger partial charge is 0.480 e. The second kappa shape index (κ2) is 5.94. The van der Waals surface area contributed by atoms with Crippen molar-refractivity contribution >= 4 is 12.0 Å². The third-order valence-corrected chi connectivity index (χ3v) is 3.22. The fraction of sp³-hybridized carbons (Fsp3) is 0.615. The molecule has 1 aromatic heterocycles. The highest BCUT2D eigenvalue weighted by atomic mass is 16.4. The van der Waals surface area contributed by atoms with Gasteiger partial charge in [0.2, 0.25) is 5.89 Å². The molecule has 1 rings (SSSR count). The van der Waals surface area contributed by atoms with Crippen molar-refractivity contribution < 1.29 is 19.1 Å². The summed E-state index contributed by atoms with van der Waals surface area (Å²) >= 11 is 0. The number of amides is 2. The number of aromatic nitrogens is 1. The van der Waals surface area contributed by atoms with Gasteiger partial charge in [-0.15, -0.1) is 0 Å². The number of carboxylic acids is 1. The Morgan fingerprint density at radius 2 is 2.00 bits per heavy atom. The van der Waals surface area contributed by atoms with E-state index >= 15 is 0 Å². The van der Waals surface area contributed by atoms with Gasteiger partial charge in [0.25, 0.3) is 0 Å². The third kappa shape index (κ3) is 3.28. The van der Waals surface area contributed by atoms with Crippen LogP contribution >= 0.6 is 0 Å². The first-order chi connectivity index (χ1) is 9.20. The summed E-state index contributed by atoms with van der Waals surface area (Å²) in [6.07, 6.45) is 0. The van der Waals surface area contributed by atoms with E-state index in [1.54, 1.807) is 13.8 Å². The second-order valence-corrected chi connectivity index (χ2v) is 5.02. The minimum atomic E-state index is -1.28. The number of urea groups is 1. The van der Waals surface area contributed by atoms with E-state index in [-0.39, 0.29) is 13.1 Å². The van der Waals surface area contributed by atoms with Gasteiger partial charge in [0.1, 0.15) is 11.3 Å². The molecule has 7 heteroatoms. The van der Waals surface area contributed by atoms with E-state index in [1.807, 2.05) is 6.92 Å². The Morgan fingerprint density at radius 1 is 1.40 bits per heavy atom. The molecule has 112 valence electrons. The highest BCUT2D eigenvalue weighted by Gasteiger charge is 2.36. The first kappa shape index (κ1) is 16.0. The smallest absolute Gasteiger partial charge is 0.329 e. The molecule has 0 aliphatic rings. The average Bonchev–Trinajstić information content (AvgIpc) is 2.66. The number of oxazole rings is 1. The summed E-state index contributed by atoms with van der Waals surface area (Å²) in [5, 5.41) is 11.8. The summed E-state index contributed by atoms with van der Waals surface area (Å²) in [4.78, 5) is 28.7. The summed E-state index contributed by atoms with van der Waals surface area (Å²) in [6, 6.07) is -0.464. The first-order valence-corrected chi connectivity index (χ1v) is 6.41. The van der Waals surface area contributed by atoms with Gasteiger partial charge in [-0.3, -0.25) is 0 Å². The molecule has 0 spiro atoms. The number of carboxylic acid groups (broad SMARTS) is 1. The van der Waals surface area contributed by atoms with E-state index in [4.69, 9.17) is 9.52 Å². The van der Waals surface area contributed by atoms with E-state index < -0.39 is 17.5 Å². The highest BCUT2D eigenvalue weighted by Crippen LogP contribution is 2.15. The number of hydrogen-bond acceptors (Lipinski definition) is 4. The van der Waals surface area contributed by atoms with Crippen LogP contribution in [0.3, 0.4) is 0 Å². The van der Waals surface area contributed by atoms with E-state index in [9.17, 15) is 9.59 Å². The monoisotopic (exact) mass is 283 g/mol. The topological polar surface area (TPSA) is 95.7 Å². The van der Waals surface area contributed by atoms with Crippen molar-refractivity contribution in [2.75, 3.05) is 6.54 Å². The number of nitrogens with one attached hydrogen (secondary N) is 1. The Labute approximate surface area is 118 Å². The molecule has 0 saturated carbocycles. The predicted molar refractivity (Wildman–Crippen MR) is 72.3 cm³/mol. The van der Waals surface area contributed by atoms with Gasteiger partial charge in [0.15, 0.2) is 0 Å². The van der Waals surface area contributed by atoms with E-state index in [1.165, 1.54) is 18.7 Å². The highest BCUT2D eigenvalue weighted by molar-refractivity contribution is 5.85. The van der Waals surface area contributed by atoms with Crippen molar-refractivity contribution in [2.24, 2.45) is 0 Å². The molecule has 0 atom stereocenters. The minimum Gasteiger partial charge on any atom is -0.480 e. The average molecular weight is 283 g/mol. The SMILES string of the molecule is CCN(C(=O)NCc1nc(C)c(C)o1)C(C)(C)C(=O)O. The van der Waals surface area contributed by atoms with Crippen LogP contribution in [0.15, 0.2) is 4.42 Å². The summed E-state index contributed by atoms with van der Waals surface area (Å²) < 4.78 is 5.35. The zero-order chi connectivity index (χ0) is 15.5. The maximum absolute atomic E-state index is 12.1. The number of hydrogen-bond donors (Lipinski definition) is 2. The Hall–Kier alpha value is -2.05. The van der Waals surface area contributed by atoms with Crippen LogP contribution in [0.25, 0.3) is 0 Å². The number of aliphatic carboxylic acids is 1. The second-order valence-electron chi connectivity index (χ2n) is 5.02. The van der Waals surface area contributed by atoms with E-state index in [0.717, 1.165) is 5.69 Å². The molecule has 1 aromatic rings. The standard InChI is InChI=1S/C13H21N3O4/c1-6-16(13(4,5)11(17)18)12(19)14-7-10-15-8(2)9(3)20-10/h6-7H2,1-5H3,(H,14,19)(H,17,18). The maximum Gasteiger partial charge on any atom is 0.329 e. The van der Waals surface area contributed by atoms with Gasteiger partial charge in [-0.2, -0.15) is 0 Å².